The first-order chi connectivity index (χ1) is 8.09. The molecule has 0 N–H and O–H groups in total. The zero-order chi connectivity index (χ0) is 12.4. The summed E-state index contributed by atoms with van der Waals surface area (Å²) >= 11 is 11.2. The van der Waals surface area contributed by atoms with Gasteiger partial charge in [0.1, 0.15) is 5.15 Å². The van der Waals surface area contributed by atoms with Crippen molar-refractivity contribution in [1.29, 1.82) is 0 Å². The van der Waals surface area contributed by atoms with Gasteiger partial charge in [-0.1, -0.05) is 11.6 Å². The van der Waals surface area contributed by atoms with E-state index in [1.165, 1.54) is 0 Å². The summed E-state index contributed by atoms with van der Waals surface area (Å²) in [6.07, 6.45) is 1.59. The SMILES string of the molecule is CC1CSCCN1C(=O)c1cc(Br)cnc1Cl. The number of carbonyl (C=O) groups is 1. The normalized spacial score (nSPS) is 20.4. The van der Waals surface area contributed by atoms with Crippen LogP contribution in [0.2, 0.25) is 5.15 Å². The minimum absolute atomic E-state index is 0.0309. The van der Waals surface area contributed by atoms with Gasteiger partial charge in [-0.3, -0.25) is 4.79 Å². The molecule has 92 valence electrons. The number of nitrogens with zero attached hydrogens (tertiary/aromatic N) is 2. The van der Waals surface area contributed by atoms with Crippen molar-refractivity contribution in [2.45, 2.75) is 13.0 Å². The molecule has 17 heavy (non-hydrogen) atoms. The third-order valence-corrected chi connectivity index (χ3v) is 4.59. The van der Waals surface area contributed by atoms with E-state index in [1.807, 2.05) is 16.7 Å². The second kappa shape index (κ2) is 5.59. The number of amides is 1. The maximum Gasteiger partial charge on any atom is 0.257 e. The molecule has 1 fully saturated rings. The van der Waals surface area contributed by atoms with Crippen molar-refractivity contribution in [1.82, 2.24) is 9.88 Å². The average Bonchev–Trinajstić information content (AvgIpc) is 2.32. The van der Waals surface area contributed by atoms with E-state index in [9.17, 15) is 4.79 Å². The van der Waals surface area contributed by atoms with E-state index in [1.54, 1.807) is 12.3 Å². The first-order valence-electron chi connectivity index (χ1n) is 5.29. The van der Waals surface area contributed by atoms with Crippen molar-refractivity contribution >= 4 is 45.2 Å². The predicted molar refractivity (Wildman–Crippen MR) is 74.8 cm³/mol. The Morgan fingerprint density at radius 1 is 1.71 bits per heavy atom. The third-order valence-electron chi connectivity index (χ3n) is 2.66. The summed E-state index contributed by atoms with van der Waals surface area (Å²) in [6, 6.07) is 1.97. The van der Waals surface area contributed by atoms with Crippen LogP contribution in [-0.4, -0.2) is 39.9 Å². The zero-order valence-corrected chi connectivity index (χ0v) is 12.5. The number of carbonyl (C=O) groups excluding carboxylic acids is 1. The Balaban J connectivity index is 2.26. The number of pyridine rings is 1. The summed E-state index contributed by atoms with van der Waals surface area (Å²) in [7, 11) is 0. The topological polar surface area (TPSA) is 33.2 Å². The number of thioether (sulfide) groups is 1. The number of halogens is 2. The maximum atomic E-state index is 12.4. The lowest BCUT2D eigenvalue weighted by Crippen LogP contribution is -2.44. The number of rotatable bonds is 1. The molecule has 1 saturated heterocycles. The van der Waals surface area contributed by atoms with Gasteiger partial charge < -0.3 is 4.90 Å². The molecule has 0 radical (unpaired) electrons. The highest BCUT2D eigenvalue weighted by Gasteiger charge is 2.26. The van der Waals surface area contributed by atoms with E-state index >= 15 is 0 Å². The molecule has 1 aromatic heterocycles. The summed E-state index contributed by atoms with van der Waals surface area (Å²) < 4.78 is 0.768. The lowest BCUT2D eigenvalue weighted by atomic mass is 10.2. The van der Waals surface area contributed by atoms with E-state index in [-0.39, 0.29) is 17.1 Å². The lowest BCUT2D eigenvalue weighted by Gasteiger charge is -2.33. The van der Waals surface area contributed by atoms with Crippen LogP contribution in [0.3, 0.4) is 0 Å². The summed E-state index contributed by atoms with van der Waals surface area (Å²) in [4.78, 5) is 18.2. The second-order valence-electron chi connectivity index (χ2n) is 3.91. The Morgan fingerprint density at radius 2 is 2.47 bits per heavy atom. The summed E-state index contributed by atoms with van der Waals surface area (Å²) in [6.45, 7) is 2.83. The molecule has 2 heterocycles. The van der Waals surface area contributed by atoms with Gasteiger partial charge in [0.2, 0.25) is 0 Å². The first-order valence-corrected chi connectivity index (χ1v) is 7.62. The molecule has 0 spiro atoms. The Hall–Kier alpha value is -0.260. The van der Waals surface area contributed by atoms with Crippen molar-refractivity contribution in [3.63, 3.8) is 0 Å². The summed E-state index contributed by atoms with van der Waals surface area (Å²) in [5.74, 6) is 1.93. The molecule has 1 aliphatic heterocycles. The van der Waals surface area contributed by atoms with Crippen molar-refractivity contribution in [2.24, 2.45) is 0 Å². The fraction of sp³-hybridized carbons (Fsp3) is 0.455. The second-order valence-corrected chi connectivity index (χ2v) is 6.34. The Labute approximate surface area is 118 Å². The molecule has 1 aliphatic rings. The third kappa shape index (κ3) is 2.95. The standard InChI is InChI=1S/C11H12BrClN2OS/c1-7-6-17-3-2-15(7)11(16)9-4-8(12)5-14-10(9)13/h4-5,7H,2-3,6H2,1H3. The average molecular weight is 336 g/mol. The molecule has 0 aliphatic carbocycles. The molecule has 1 atom stereocenters. The molecule has 1 aromatic rings. The smallest absolute Gasteiger partial charge is 0.257 e. The predicted octanol–water partition coefficient (Wildman–Crippen LogP) is 3.08. The molecular formula is C11H12BrClN2OS. The van der Waals surface area contributed by atoms with Crippen LogP contribution in [0.25, 0.3) is 0 Å². The monoisotopic (exact) mass is 334 g/mol. The van der Waals surface area contributed by atoms with Gasteiger partial charge in [0.25, 0.3) is 5.91 Å². The quantitative estimate of drug-likeness (QED) is 0.740. The van der Waals surface area contributed by atoms with Gasteiger partial charge in [0, 0.05) is 34.8 Å². The largest absolute Gasteiger partial charge is 0.334 e. The van der Waals surface area contributed by atoms with E-state index < -0.39 is 0 Å². The van der Waals surface area contributed by atoms with Crippen LogP contribution in [0, 0.1) is 0 Å². The molecule has 2 rings (SSSR count). The van der Waals surface area contributed by atoms with Crippen molar-refractivity contribution in [3.05, 3.63) is 27.5 Å². The van der Waals surface area contributed by atoms with Crippen LogP contribution >= 0.6 is 39.3 Å². The van der Waals surface area contributed by atoms with Crippen LogP contribution in [0.4, 0.5) is 0 Å². The Bertz CT molecular complexity index is 443. The van der Waals surface area contributed by atoms with E-state index in [0.717, 1.165) is 22.5 Å². The van der Waals surface area contributed by atoms with Crippen LogP contribution in [0.5, 0.6) is 0 Å². The van der Waals surface area contributed by atoms with Gasteiger partial charge in [-0.25, -0.2) is 4.98 Å². The van der Waals surface area contributed by atoms with Crippen molar-refractivity contribution < 1.29 is 4.79 Å². The minimum atomic E-state index is -0.0309. The highest BCUT2D eigenvalue weighted by molar-refractivity contribution is 9.10. The van der Waals surface area contributed by atoms with Gasteiger partial charge in [-0.05, 0) is 28.9 Å². The maximum absolute atomic E-state index is 12.4. The molecule has 0 bridgehead atoms. The van der Waals surface area contributed by atoms with E-state index in [0.29, 0.717) is 5.56 Å². The van der Waals surface area contributed by atoms with E-state index in [4.69, 9.17) is 11.6 Å². The van der Waals surface area contributed by atoms with Crippen molar-refractivity contribution in [3.8, 4) is 0 Å². The molecular weight excluding hydrogens is 324 g/mol. The molecule has 6 heteroatoms. The van der Waals surface area contributed by atoms with Crippen LogP contribution < -0.4 is 0 Å². The molecule has 1 amide bonds. The molecule has 0 aromatic carbocycles. The van der Waals surface area contributed by atoms with Gasteiger partial charge in [-0.2, -0.15) is 11.8 Å². The fourth-order valence-corrected chi connectivity index (χ4v) is 3.29. The first kappa shape index (κ1) is 13.2. The lowest BCUT2D eigenvalue weighted by molar-refractivity contribution is 0.0715. The van der Waals surface area contributed by atoms with Crippen molar-refractivity contribution in [2.75, 3.05) is 18.1 Å². The van der Waals surface area contributed by atoms with Gasteiger partial charge >= 0.3 is 0 Å². The molecule has 0 saturated carbocycles. The summed E-state index contributed by atoms with van der Waals surface area (Å²) in [5.41, 5.74) is 0.472. The number of hydrogen-bond acceptors (Lipinski definition) is 3. The van der Waals surface area contributed by atoms with Crippen LogP contribution in [0.15, 0.2) is 16.7 Å². The summed E-state index contributed by atoms with van der Waals surface area (Å²) in [5, 5.41) is 0.267. The van der Waals surface area contributed by atoms with Gasteiger partial charge in [0.15, 0.2) is 0 Å². The van der Waals surface area contributed by atoms with Gasteiger partial charge in [0.05, 0.1) is 5.56 Å². The number of aromatic nitrogens is 1. The van der Waals surface area contributed by atoms with Crippen LogP contribution in [-0.2, 0) is 0 Å². The Morgan fingerprint density at radius 3 is 3.18 bits per heavy atom. The number of hydrogen-bond donors (Lipinski definition) is 0. The molecule has 3 nitrogen and oxygen atoms in total. The zero-order valence-electron chi connectivity index (χ0n) is 9.32. The Kier molecular flexibility index (Phi) is 4.33. The van der Waals surface area contributed by atoms with E-state index in [2.05, 4.69) is 27.8 Å². The minimum Gasteiger partial charge on any atom is -0.334 e. The highest BCUT2D eigenvalue weighted by atomic mass is 79.9. The van der Waals surface area contributed by atoms with Crippen LogP contribution in [0.1, 0.15) is 17.3 Å². The highest BCUT2D eigenvalue weighted by Crippen LogP contribution is 2.23. The molecule has 1 unspecified atom stereocenters. The van der Waals surface area contributed by atoms with Gasteiger partial charge in [-0.15, -0.1) is 0 Å². The fourth-order valence-electron chi connectivity index (χ4n) is 1.76.